The summed E-state index contributed by atoms with van der Waals surface area (Å²) in [4.78, 5) is 28.4. The van der Waals surface area contributed by atoms with Crippen molar-refractivity contribution < 1.29 is 14.7 Å². The fourth-order valence-corrected chi connectivity index (χ4v) is 1.66. The summed E-state index contributed by atoms with van der Waals surface area (Å²) >= 11 is 0. The van der Waals surface area contributed by atoms with E-state index in [9.17, 15) is 9.59 Å². The number of urea groups is 1. The molecule has 1 heterocycles. The minimum absolute atomic E-state index is 0.198. The normalized spacial score (nSPS) is 11.8. The molecule has 1 unspecified atom stereocenters. The standard InChI is InChI=1S/C14H21N3O3/c1-4-17(9-10(2)13(18)19)14(20)16-8-12-6-5-11(3)15-7-12/h5-7,10H,4,8-9H2,1-3H3,(H,16,20)(H,18,19). The first-order valence-electron chi connectivity index (χ1n) is 6.61. The Labute approximate surface area is 118 Å². The highest BCUT2D eigenvalue weighted by atomic mass is 16.4. The molecule has 0 fully saturated rings. The van der Waals surface area contributed by atoms with Gasteiger partial charge in [-0.1, -0.05) is 13.0 Å². The van der Waals surface area contributed by atoms with E-state index >= 15 is 0 Å². The van der Waals surface area contributed by atoms with Gasteiger partial charge in [0, 0.05) is 31.5 Å². The fourth-order valence-electron chi connectivity index (χ4n) is 1.66. The summed E-state index contributed by atoms with van der Waals surface area (Å²) in [5, 5.41) is 11.6. The molecule has 1 aromatic heterocycles. The summed E-state index contributed by atoms with van der Waals surface area (Å²) < 4.78 is 0. The van der Waals surface area contributed by atoms with Gasteiger partial charge in [-0.25, -0.2) is 4.79 Å². The van der Waals surface area contributed by atoms with Crippen LogP contribution in [0.2, 0.25) is 0 Å². The van der Waals surface area contributed by atoms with Gasteiger partial charge >= 0.3 is 12.0 Å². The number of carboxylic acids is 1. The zero-order valence-corrected chi connectivity index (χ0v) is 12.1. The predicted octanol–water partition coefficient (Wildman–Crippen LogP) is 1.64. The molecule has 6 heteroatoms. The Morgan fingerprint density at radius 2 is 2.15 bits per heavy atom. The maximum Gasteiger partial charge on any atom is 0.317 e. The van der Waals surface area contributed by atoms with Crippen LogP contribution < -0.4 is 5.32 Å². The highest BCUT2D eigenvalue weighted by molar-refractivity contribution is 5.75. The van der Waals surface area contributed by atoms with Gasteiger partial charge in [0.1, 0.15) is 0 Å². The highest BCUT2D eigenvalue weighted by Gasteiger charge is 2.18. The van der Waals surface area contributed by atoms with Crippen molar-refractivity contribution in [1.29, 1.82) is 0 Å². The van der Waals surface area contributed by atoms with Crippen LogP contribution in [0, 0.1) is 12.8 Å². The van der Waals surface area contributed by atoms with E-state index in [2.05, 4.69) is 10.3 Å². The summed E-state index contributed by atoms with van der Waals surface area (Å²) in [6, 6.07) is 3.52. The number of pyridine rings is 1. The number of nitrogens with one attached hydrogen (secondary N) is 1. The van der Waals surface area contributed by atoms with Gasteiger partial charge < -0.3 is 15.3 Å². The van der Waals surface area contributed by atoms with Crippen LogP contribution in [0.5, 0.6) is 0 Å². The topological polar surface area (TPSA) is 82.5 Å². The minimum atomic E-state index is -0.904. The number of hydrogen-bond acceptors (Lipinski definition) is 3. The lowest BCUT2D eigenvalue weighted by atomic mass is 10.2. The third-order valence-electron chi connectivity index (χ3n) is 3.00. The van der Waals surface area contributed by atoms with Gasteiger partial charge in [0.25, 0.3) is 0 Å². The van der Waals surface area contributed by atoms with E-state index < -0.39 is 11.9 Å². The molecule has 20 heavy (non-hydrogen) atoms. The maximum atomic E-state index is 12.0. The number of carbonyl (C=O) groups is 2. The summed E-state index contributed by atoms with van der Waals surface area (Å²) in [5.74, 6) is -1.49. The molecule has 1 aromatic rings. The van der Waals surface area contributed by atoms with Gasteiger partial charge in [-0.05, 0) is 25.5 Å². The molecule has 0 aliphatic carbocycles. The van der Waals surface area contributed by atoms with E-state index in [0.717, 1.165) is 11.3 Å². The van der Waals surface area contributed by atoms with Crippen LogP contribution in [-0.2, 0) is 11.3 Å². The van der Waals surface area contributed by atoms with Crippen LogP contribution in [0.1, 0.15) is 25.1 Å². The van der Waals surface area contributed by atoms with E-state index in [1.165, 1.54) is 4.90 Å². The zero-order valence-electron chi connectivity index (χ0n) is 12.1. The largest absolute Gasteiger partial charge is 0.481 e. The third kappa shape index (κ3) is 4.87. The maximum absolute atomic E-state index is 12.0. The summed E-state index contributed by atoms with van der Waals surface area (Å²) in [5.41, 5.74) is 1.83. The molecular formula is C14H21N3O3. The molecule has 0 spiro atoms. The van der Waals surface area contributed by atoms with E-state index in [0.29, 0.717) is 13.1 Å². The van der Waals surface area contributed by atoms with Crippen molar-refractivity contribution in [2.24, 2.45) is 5.92 Å². The first-order chi connectivity index (χ1) is 9.43. The number of aliphatic carboxylic acids is 1. The average molecular weight is 279 g/mol. The fraction of sp³-hybridized carbons (Fsp3) is 0.500. The lowest BCUT2D eigenvalue weighted by Crippen LogP contribution is -2.42. The highest BCUT2D eigenvalue weighted by Crippen LogP contribution is 2.02. The Morgan fingerprint density at radius 3 is 2.65 bits per heavy atom. The van der Waals surface area contributed by atoms with Gasteiger partial charge in [-0.3, -0.25) is 9.78 Å². The number of hydrogen-bond donors (Lipinski definition) is 2. The van der Waals surface area contributed by atoms with E-state index in [1.807, 2.05) is 26.0 Å². The first-order valence-corrected chi connectivity index (χ1v) is 6.61. The SMILES string of the molecule is CCN(CC(C)C(=O)O)C(=O)NCc1ccc(C)nc1. The van der Waals surface area contributed by atoms with Crippen molar-refractivity contribution in [3.05, 3.63) is 29.6 Å². The van der Waals surface area contributed by atoms with E-state index in [-0.39, 0.29) is 12.6 Å². The Hall–Kier alpha value is -2.11. The van der Waals surface area contributed by atoms with Gasteiger partial charge in [0.15, 0.2) is 0 Å². The van der Waals surface area contributed by atoms with Crippen molar-refractivity contribution in [3.8, 4) is 0 Å². The van der Waals surface area contributed by atoms with Crippen molar-refractivity contribution in [2.75, 3.05) is 13.1 Å². The van der Waals surface area contributed by atoms with Gasteiger partial charge in [0.2, 0.25) is 0 Å². The van der Waals surface area contributed by atoms with Crippen LogP contribution in [0.3, 0.4) is 0 Å². The monoisotopic (exact) mass is 279 g/mol. The summed E-state index contributed by atoms with van der Waals surface area (Å²) in [6.07, 6.45) is 1.71. The number of carbonyl (C=O) groups excluding carboxylic acids is 1. The molecule has 2 N–H and O–H groups in total. The first kappa shape index (κ1) is 15.9. The number of aromatic nitrogens is 1. The van der Waals surface area contributed by atoms with Crippen LogP contribution in [0.25, 0.3) is 0 Å². The Bertz CT molecular complexity index is 459. The van der Waals surface area contributed by atoms with Crippen LogP contribution >= 0.6 is 0 Å². The van der Waals surface area contributed by atoms with Crippen LogP contribution in [0.4, 0.5) is 4.79 Å². The summed E-state index contributed by atoms with van der Waals surface area (Å²) in [6.45, 7) is 6.35. The number of carboxylic acid groups (broad SMARTS) is 1. The molecule has 0 saturated heterocycles. The quantitative estimate of drug-likeness (QED) is 0.829. The molecule has 0 saturated carbocycles. The molecular weight excluding hydrogens is 258 g/mol. The molecule has 0 aliphatic heterocycles. The van der Waals surface area contributed by atoms with Crippen molar-refractivity contribution in [3.63, 3.8) is 0 Å². The lowest BCUT2D eigenvalue weighted by molar-refractivity contribution is -0.141. The van der Waals surface area contributed by atoms with Crippen LogP contribution in [0.15, 0.2) is 18.3 Å². The molecule has 6 nitrogen and oxygen atoms in total. The van der Waals surface area contributed by atoms with Gasteiger partial charge in [-0.2, -0.15) is 0 Å². The van der Waals surface area contributed by atoms with Crippen molar-refractivity contribution in [1.82, 2.24) is 15.2 Å². The second-order valence-electron chi connectivity index (χ2n) is 4.74. The number of amides is 2. The second-order valence-corrected chi connectivity index (χ2v) is 4.74. The minimum Gasteiger partial charge on any atom is -0.481 e. The number of nitrogens with zero attached hydrogens (tertiary/aromatic N) is 2. The molecule has 0 radical (unpaired) electrons. The summed E-state index contributed by atoms with van der Waals surface area (Å²) in [7, 11) is 0. The Balaban J connectivity index is 2.51. The van der Waals surface area contributed by atoms with E-state index in [4.69, 9.17) is 5.11 Å². The Morgan fingerprint density at radius 1 is 1.45 bits per heavy atom. The average Bonchev–Trinajstić information content (AvgIpc) is 2.43. The zero-order chi connectivity index (χ0) is 15.1. The van der Waals surface area contributed by atoms with Crippen molar-refractivity contribution >= 4 is 12.0 Å². The Kier molecular flexibility index (Phi) is 5.96. The number of aryl methyl sites for hydroxylation is 1. The molecule has 0 aromatic carbocycles. The van der Waals surface area contributed by atoms with Crippen LogP contribution in [-0.4, -0.2) is 40.1 Å². The third-order valence-corrected chi connectivity index (χ3v) is 3.00. The second kappa shape index (κ2) is 7.47. The molecule has 1 rings (SSSR count). The molecule has 0 bridgehead atoms. The molecule has 110 valence electrons. The predicted molar refractivity (Wildman–Crippen MR) is 75.3 cm³/mol. The molecule has 0 aliphatic rings. The lowest BCUT2D eigenvalue weighted by Gasteiger charge is -2.23. The van der Waals surface area contributed by atoms with Gasteiger partial charge in [0.05, 0.1) is 5.92 Å². The molecule has 2 amide bonds. The van der Waals surface area contributed by atoms with Crippen molar-refractivity contribution in [2.45, 2.75) is 27.3 Å². The van der Waals surface area contributed by atoms with E-state index in [1.54, 1.807) is 13.1 Å². The smallest absolute Gasteiger partial charge is 0.317 e. The molecule has 1 atom stereocenters. The number of rotatable bonds is 6. The van der Waals surface area contributed by atoms with Gasteiger partial charge in [-0.15, -0.1) is 0 Å².